The minimum atomic E-state index is -0.0868. The van der Waals surface area contributed by atoms with Crippen LogP contribution in [0.25, 0.3) is 12.2 Å². The molecule has 7 heteroatoms. The zero-order valence-corrected chi connectivity index (χ0v) is 18.9. The normalized spacial score (nSPS) is 18.7. The van der Waals surface area contributed by atoms with Gasteiger partial charge in [-0.05, 0) is 66.3 Å². The van der Waals surface area contributed by atoms with Crippen molar-refractivity contribution in [1.82, 2.24) is 0 Å². The molecule has 0 bridgehead atoms. The maximum Gasteiger partial charge on any atom is 0.200 e. The monoisotopic (exact) mass is 440 g/mol. The molecule has 7 nitrogen and oxygen atoms in total. The van der Waals surface area contributed by atoms with Gasteiger partial charge >= 0.3 is 0 Å². The Balaban J connectivity index is 2.02. The average Bonchev–Trinajstić information content (AvgIpc) is 2.78. The predicted octanol–water partition coefficient (Wildman–Crippen LogP) is 4.60. The van der Waals surface area contributed by atoms with E-state index in [0.29, 0.717) is 35.1 Å². The fraction of sp³-hybridized carbons (Fsp3) is 0.320. The van der Waals surface area contributed by atoms with Crippen molar-refractivity contribution in [3.8, 4) is 34.5 Å². The van der Waals surface area contributed by atoms with Crippen LogP contribution in [0, 0.1) is 5.92 Å². The van der Waals surface area contributed by atoms with Crippen molar-refractivity contribution >= 4 is 17.9 Å². The molecule has 170 valence electrons. The highest BCUT2D eigenvalue weighted by Gasteiger charge is 2.26. The number of carbonyl (C=O) groups is 1. The van der Waals surface area contributed by atoms with Gasteiger partial charge in [0, 0.05) is 11.1 Å². The SMILES string of the molecule is COc1cc(/C=C2\CC(C)C/C(=C\c3cc(OC)c(O)c(OC)c3)C2=O)cc(OC)c1O. The van der Waals surface area contributed by atoms with Crippen molar-refractivity contribution in [1.29, 1.82) is 0 Å². The number of hydrogen-bond acceptors (Lipinski definition) is 7. The summed E-state index contributed by atoms with van der Waals surface area (Å²) < 4.78 is 20.9. The molecule has 1 aliphatic rings. The molecule has 0 saturated heterocycles. The van der Waals surface area contributed by atoms with Gasteiger partial charge < -0.3 is 29.2 Å². The van der Waals surface area contributed by atoms with Gasteiger partial charge in [-0.3, -0.25) is 4.79 Å². The summed E-state index contributed by atoms with van der Waals surface area (Å²) >= 11 is 0. The highest BCUT2D eigenvalue weighted by Crippen LogP contribution is 2.40. The molecular formula is C25H28O7. The molecule has 0 heterocycles. The number of hydrogen-bond donors (Lipinski definition) is 2. The molecule has 0 radical (unpaired) electrons. The van der Waals surface area contributed by atoms with Crippen LogP contribution >= 0.6 is 0 Å². The summed E-state index contributed by atoms with van der Waals surface area (Å²) in [5.41, 5.74) is 2.70. The first-order valence-electron chi connectivity index (χ1n) is 10.2. The second-order valence-corrected chi connectivity index (χ2v) is 7.73. The fourth-order valence-corrected chi connectivity index (χ4v) is 3.86. The first-order chi connectivity index (χ1) is 15.3. The van der Waals surface area contributed by atoms with Crippen molar-refractivity contribution in [2.24, 2.45) is 5.92 Å². The van der Waals surface area contributed by atoms with Gasteiger partial charge in [-0.2, -0.15) is 0 Å². The van der Waals surface area contributed by atoms with Crippen LogP contribution in [0.3, 0.4) is 0 Å². The lowest BCUT2D eigenvalue weighted by atomic mass is 9.80. The summed E-state index contributed by atoms with van der Waals surface area (Å²) in [6.45, 7) is 2.09. The Morgan fingerprint density at radius 3 is 1.31 bits per heavy atom. The number of carbonyl (C=O) groups excluding carboxylic acids is 1. The summed E-state index contributed by atoms with van der Waals surface area (Å²) in [5, 5.41) is 20.3. The minimum absolute atomic E-state index is 0.0554. The van der Waals surface area contributed by atoms with Gasteiger partial charge in [0.05, 0.1) is 28.4 Å². The molecule has 0 aromatic heterocycles. The standard InChI is InChI=1S/C25H28O7/c1-14-6-17(8-15-10-19(29-2)24(27)20(11-15)30-3)23(26)18(7-14)9-16-12-21(31-4)25(28)22(13-16)32-5/h8-14,27-28H,6-7H2,1-5H3/b17-8+,18-9+. The molecule has 1 fully saturated rings. The molecule has 0 amide bonds. The van der Waals surface area contributed by atoms with Gasteiger partial charge in [-0.25, -0.2) is 0 Å². The number of methoxy groups -OCH3 is 4. The van der Waals surface area contributed by atoms with Crippen molar-refractivity contribution in [3.63, 3.8) is 0 Å². The molecule has 1 aliphatic carbocycles. The lowest BCUT2D eigenvalue weighted by molar-refractivity contribution is -0.113. The van der Waals surface area contributed by atoms with E-state index in [1.54, 1.807) is 36.4 Å². The lowest BCUT2D eigenvalue weighted by Crippen LogP contribution is -2.18. The summed E-state index contributed by atoms with van der Waals surface area (Å²) in [5.74, 6) is 1.11. The number of phenolic OH excluding ortho intramolecular Hbond substituents is 2. The summed E-state index contributed by atoms with van der Waals surface area (Å²) in [6.07, 6.45) is 4.86. The van der Waals surface area contributed by atoms with Gasteiger partial charge in [0.2, 0.25) is 11.5 Å². The molecule has 3 rings (SSSR count). The summed E-state index contributed by atoms with van der Waals surface area (Å²) in [7, 11) is 5.83. The van der Waals surface area contributed by atoms with Gasteiger partial charge in [0.1, 0.15) is 0 Å². The van der Waals surface area contributed by atoms with Crippen molar-refractivity contribution < 1.29 is 34.0 Å². The molecule has 0 aliphatic heterocycles. The molecule has 1 saturated carbocycles. The Hall–Kier alpha value is -3.61. The highest BCUT2D eigenvalue weighted by atomic mass is 16.5. The quantitative estimate of drug-likeness (QED) is 0.634. The average molecular weight is 440 g/mol. The molecule has 2 aromatic carbocycles. The number of aromatic hydroxyl groups is 2. The third-order valence-electron chi connectivity index (χ3n) is 5.41. The second-order valence-electron chi connectivity index (χ2n) is 7.73. The third kappa shape index (κ3) is 4.66. The Bertz CT molecular complexity index is 948. The molecule has 0 unspecified atom stereocenters. The Labute approximate surface area is 187 Å². The summed E-state index contributed by atoms with van der Waals surface area (Å²) in [4.78, 5) is 13.3. The maximum atomic E-state index is 13.3. The topological polar surface area (TPSA) is 94.5 Å². The van der Waals surface area contributed by atoms with Gasteiger partial charge in [-0.15, -0.1) is 0 Å². The zero-order chi connectivity index (χ0) is 23.4. The van der Waals surface area contributed by atoms with Crippen molar-refractivity contribution in [3.05, 3.63) is 46.5 Å². The Kier molecular flexibility index (Phi) is 6.98. The number of ketones is 1. The highest BCUT2D eigenvalue weighted by molar-refractivity contribution is 6.14. The predicted molar refractivity (Wildman–Crippen MR) is 122 cm³/mol. The smallest absolute Gasteiger partial charge is 0.200 e. The molecule has 32 heavy (non-hydrogen) atoms. The Morgan fingerprint density at radius 2 is 1.03 bits per heavy atom. The number of phenols is 2. The van der Waals surface area contributed by atoms with E-state index in [-0.39, 0.29) is 46.2 Å². The fourth-order valence-electron chi connectivity index (χ4n) is 3.86. The Morgan fingerprint density at radius 1 is 0.719 bits per heavy atom. The molecule has 0 spiro atoms. The molecular weight excluding hydrogens is 412 g/mol. The maximum absolute atomic E-state index is 13.3. The van der Waals surface area contributed by atoms with Gasteiger partial charge in [0.15, 0.2) is 28.8 Å². The molecule has 2 N–H and O–H groups in total. The van der Waals surface area contributed by atoms with Crippen LogP contribution in [0.15, 0.2) is 35.4 Å². The second kappa shape index (κ2) is 9.68. The van der Waals surface area contributed by atoms with Crippen molar-refractivity contribution in [2.75, 3.05) is 28.4 Å². The van der Waals surface area contributed by atoms with Crippen molar-refractivity contribution in [2.45, 2.75) is 19.8 Å². The van der Waals surface area contributed by atoms with E-state index in [0.717, 1.165) is 0 Å². The van der Waals surface area contributed by atoms with Crippen LogP contribution in [0.4, 0.5) is 0 Å². The largest absolute Gasteiger partial charge is 0.502 e. The molecule has 2 aromatic rings. The number of allylic oxidation sites excluding steroid dienone is 2. The van der Waals surface area contributed by atoms with E-state index in [4.69, 9.17) is 18.9 Å². The van der Waals surface area contributed by atoms with Crippen LogP contribution in [0.2, 0.25) is 0 Å². The van der Waals surface area contributed by atoms with E-state index in [1.165, 1.54) is 28.4 Å². The van der Waals surface area contributed by atoms with E-state index in [2.05, 4.69) is 6.92 Å². The van der Waals surface area contributed by atoms with Gasteiger partial charge in [-0.1, -0.05) is 6.92 Å². The van der Waals surface area contributed by atoms with E-state index >= 15 is 0 Å². The first kappa shape index (κ1) is 23.1. The van der Waals surface area contributed by atoms with Crippen LogP contribution in [-0.2, 0) is 4.79 Å². The van der Waals surface area contributed by atoms with Crippen LogP contribution < -0.4 is 18.9 Å². The lowest BCUT2D eigenvalue weighted by Gasteiger charge is -2.23. The zero-order valence-electron chi connectivity index (χ0n) is 18.9. The minimum Gasteiger partial charge on any atom is -0.502 e. The van der Waals surface area contributed by atoms with Crippen LogP contribution in [-0.4, -0.2) is 44.4 Å². The third-order valence-corrected chi connectivity index (χ3v) is 5.41. The van der Waals surface area contributed by atoms with Gasteiger partial charge in [0.25, 0.3) is 0 Å². The number of ether oxygens (including phenoxy) is 4. The van der Waals surface area contributed by atoms with Crippen LogP contribution in [0.1, 0.15) is 30.9 Å². The van der Waals surface area contributed by atoms with E-state index in [1.807, 2.05) is 0 Å². The first-order valence-corrected chi connectivity index (χ1v) is 10.2. The number of benzene rings is 2. The summed E-state index contributed by atoms with van der Waals surface area (Å²) in [6, 6.07) is 6.65. The van der Waals surface area contributed by atoms with E-state index < -0.39 is 0 Å². The van der Waals surface area contributed by atoms with Crippen LogP contribution in [0.5, 0.6) is 34.5 Å². The number of rotatable bonds is 6. The number of Topliss-reactive ketones (excluding diaryl/α,β-unsaturated/α-hetero) is 1. The molecule has 0 atom stereocenters. The van der Waals surface area contributed by atoms with E-state index in [9.17, 15) is 15.0 Å².